The van der Waals surface area contributed by atoms with E-state index in [0.29, 0.717) is 0 Å². The smallest absolute Gasteiger partial charge is 0.0837 e. The molecule has 158 valence electrons. The second kappa shape index (κ2) is 16.0. The molecule has 1 heteroatoms. The van der Waals surface area contributed by atoms with Gasteiger partial charge in [-0.3, -0.25) is 0 Å². The third-order valence-corrected chi connectivity index (χ3v) is 6.78. The Hall–Kier alpha value is -0.0400. The fraction of sp³-hybridized carbons (Fsp3) is 1.00. The van der Waals surface area contributed by atoms with Crippen molar-refractivity contribution in [2.45, 2.75) is 156 Å². The molecule has 0 aromatic heterocycles. The molecule has 0 aromatic rings. The third-order valence-electron chi connectivity index (χ3n) is 6.78. The van der Waals surface area contributed by atoms with Crippen molar-refractivity contribution in [2.75, 3.05) is 6.54 Å². The molecule has 0 rings (SSSR count). The van der Waals surface area contributed by atoms with Crippen LogP contribution in [0.4, 0.5) is 0 Å². The zero-order valence-corrected chi connectivity index (χ0v) is 19.8. The molecule has 0 saturated carbocycles. The monoisotopic (exact) mass is 368 g/mol. The van der Waals surface area contributed by atoms with Crippen molar-refractivity contribution in [3.05, 3.63) is 0 Å². The van der Waals surface area contributed by atoms with Crippen LogP contribution in [0, 0.1) is 0 Å². The van der Waals surface area contributed by atoms with Gasteiger partial charge in [0.25, 0.3) is 0 Å². The molecule has 0 fully saturated rings. The highest BCUT2D eigenvalue weighted by Crippen LogP contribution is 2.26. The molecule has 0 N–H and O–H groups in total. The first-order chi connectivity index (χ1) is 12.4. The molecule has 0 amide bonds. The molecule has 0 heterocycles. The summed E-state index contributed by atoms with van der Waals surface area (Å²) in [6.45, 7) is 18.2. The molecule has 0 aromatic carbocycles. The number of hydrogen-bond acceptors (Lipinski definition) is 0. The summed E-state index contributed by atoms with van der Waals surface area (Å²) < 4.78 is 1.29. The minimum absolute atomic E-state index is 0.733. The summed E-state index contributed by atoms with van der Waals surface area (Å²) in [5.74, 6) is 0. The fourth-order valence-corrected chi connectivity index (χ4v) is 5.14. The standard InChI is InChI=1S/C25H54N/c1-8-9-10-11-12-13-14-15-16-17-18-19-20-21-22-26(23(2)3,24(4)5)25(6)7/h23-25H,8-22H2,1-7H3/q+1. The fourth-order valence-electron chi connectivity index (χ4n) is 5.14. The predicted octanol–water partition coefficient (Wildman–Crippen LogP) is 8.51. The lowest BCUT2D eigenvalue weighted by Crippen LogP contribution is -2.62. The van der Waals surface area contributed by atoms with Gasteiger partial charge in [0.15, 0.2) is 0 Å². The largest absolute Gasteiger partial charge is 0.318 e. The van der Waals surface area contributed by atoms with Crippen LogP contribution in [0.5, 0.6) is 0 Å². The zero-order valence-electron chi connectivity index (χ0n) is 19.8. The Morgan fingerprint density at radius 3 is 0.962 bits per heavy atom. The lowest BCUT2D eigenvalue weighted by atomic mass is 10.0. The first-order valence-electron chi connectivity index (χ1n) is 12.3. The van der Waals surface area contributed by atoms with Crippen molar-refractivity contribution in [1.29, 1.82) is 0 Å². The highest BCUT2D eigenvalue weighted by Gasteiger charge is 2.37. The van der Waals surface area contributed by atoms with Gasteiger partial charge in [-0.15, -0.1) is 0 Å². The normalized spacial score (nSPS) is 12.7. The van der Waals surface area contributed by atoms with Crippen LogP contribution in [0.1, 0.15) is 138 Å². The molecule has 26 heavy (non-hydrogen) atoms. The highest BCUT2D eigenvalue weighted by molar-refractivity contribution is 4.59. The molecule has 0 bridgehead atoms. The summed E-state index contributed by atoms with van der Waals surface area (Å²) in [5.41, 5.74) is 0. The second-order valence-electron chi connectivity index (χ2n) is 9.60. The minimum atomic E-state index is 0.733. The molecule has 0 spiro atoms. The number of unbranched alkanes of at least 4 members (excludes halogenated alkanes) is 13. The van der Waals surface area contributed by atoms with E-state index in [9.17, 15) is 0 Å². The van der Waals surface area contributed by atoms with E-state index in [1.807, 2.05) is 0 Å². The molecular formula is C25H54N+. The molecule has 0 saturated heterocycles. The maximum atomic E-state index is 2.42. The van der Waals surface area contributed by atoms with Gasteiger partial charge < -0.3 is 4.48 Å². The average molecular weight is 369 g/mol. The second-order valence-corrected chi connectivity index (χ2v) is 9.60. The number of nitrogens with zero attached hydrogens (tertiary/aromatic N) is 1. The van der Waals surface area contributed by atoms with Gasteiger partial charge in [0.2, 0.25) is 0 Å². The molecule has 0 radical (unpaired) electrons. The van der Waals surface area contributed by atoms with E-state index in [4.69, 9.17) is 0 Å². The molecule has 0 unspecified atom stereocenters. The number of quaternary nitrogens is 1. The SMILES string of the molecule is CCCCCCCCCCCCCCCC[N+](C(C)C)(C(C)C)C(C)C. The minimum Gasteiger partial charge on any atom is -0.318 e. The zero-order chi connectivity index (χ0) is 19.8. The van der Waals surface area contributed by atoms with Crippen molar-refractivity contribution in [3.8, 4) is 0 Å². The summed E-state index contributed by atoms with van der Waals surface area (Å²) in [4.78, 5) is 0. The summed E-state index contributed by atoms with van der Waals surface area (Å²) in [6, 6.07) is 2.20. The van der Waals surface area contributed by atoms with Crippen molar-refractivity contribution in [3.63, 3.8) is 0 Å². The maximum absolute atomic E-state index is 2.42. The summed E-state index contributed by atoms with van der Waals surface area (Å²) in [7, 11) is 0. The predicted molar refractivity (Wildman–Crippen MR) is 121 cm³/mol. The number of rotatable bonds is 18. The molecular weight excluding hydrogens is 314 g/mol. The molecule has 0 atom stereocenters. The average Bonchev–Trinajstić information content (AvgIpc) is 2.57. The molecule has 0 aliphatic rings. The van der Waals surface area contributed by atoms with Crippen LogP contribution in [0.15, 0.2) is 0 Å². The first kappa shape index (κ1) is 26.0. The highest BCUT2D eigenvalue weighted by atomic mass is 15.4. The third kappa shape index (κ3) is 10.3. The van der Waals surface area contributed by atoms with Crippen molar-refractivity contribution in [2.24, 2.45) is 0 Å². The van der Waals surface area contributed by atoms with Crippen LogP contribution < -0.4 is 0 Å². The number of hydrogen-bond donors (Lipinski definition) is 0. The van der Waals surface area contributed by atoms with E-state index in [1.54, 1.807) is 0 Å². The van der Waals surface area contributed by atoms with E-state index < -0.39 is 0 Å². The van der Waals surface area contributed by atoms with Gasteiger partial charge in [-0.25, -0.2) is 0 Å². The van der Waals surface area contributed by atoms with Crippen LogP contribution in [0.25, 0.3) is 0 Å². The van der Waals surface area contributed by atoms with E-state index in [2.05, 4.69) is 48.5 Å². The Morgan fingerprint density at radius 1 is 0.423 bits per heavy atom. The van der Waals surface area contributed by atoms with E-state index in [0.717, 1.165) is 18.1 Å². The maximum Gasteiger partial charge on any atom is 0.0837 e. The van der Waals surface area contributed by atoms with E-state index >= 15 is 0 Å². The summed E-state index contributed by atoms with van der Waals surface area (Å²) in [5, 5.41) is 0. The topological polar surface area (TPSA) is 0 Å². The van der Waals surface area contributed by atoms with Gasteiger partial charge in [-0.05, 0) is 54.4 Å². The van der Waals surface area contributed by atoms with Crippen LogP contribution in [0.3, 0.4) is 0 Å². The Morgan fingerprint density at radius 2 is 0.692 bits per heavy atom. The summed E-state index contributed by atoms with van der Waals surface area (Å²) >= 11 is 0. The van der Waals surface area contributed by atoms with Gasteiger partial charge in [0, 0.05) is 0 Å². The molecule has 0 aliphatic carbocycles. The van der Waals surface area contributed by atoms with Gasteiger partial charge in [0.05, 0.1) is 24.7 Å². The van der Waals surface area contributed by atoms with Crippen LogP contribution in [-0.4, -0.2) is 29.2 Å². The Labute approximate surface area is 167 Å². The summed E-state index contributed by atoms with van der Waals surface area (Å²) in [6.07, 6.45) is 20.3. The van der Waals surface area contributed by atoms with E-state index in [-0.39, 0.29) is 0 Å². The van der Waals surface area contributed by atoms with Crippen LogP contribution in [-0.2, 0) is 0 Å². The van der Waals surface area contributed by atoms with Gasteiger partial charge in [-0.1, -0.05) is 84.0 Å². The van der Waals surface area contributed by atoms with Gasteiger partial charge in [-0.2, -0.15) is 0 Å². The van der Waals surface area contributed by atoms with Gasteiger partial charge >= 0.3 is 0 Å². The Balaban J connectivity index is 3.63. The first-order valence-corrected chi connectivity index (χ1v) is 12.3. The van der Waals surface area contributed by atoms with Gasteiger partial charge in [0.1, 0.15) is 0 Å². The Bertz CT molecular complexity index is 271. The van der Waals surface area contributed by atoms with Crippen LogP contribution in [0.2, 0.25) is 0 Å². The van der Waals surface area contributed by atoms with Crippen molar-refractivity contribution in [1.82, 2.24) is 0 Å². The lowest BCUT2D eigenvalue weighted by Gasteiger charge is -2.49. The van der Waals surface area contributed by atoms with Crippen molar-refractivity contribution < 1.29 is 4.48 Å². The lowest BCUT2D eigenvalue weighted by molar-refractivity contribution is -0.985. The molecule has 0 aliphatic heterocycles. The Kier molecular flexibility index (Phi) is 15.9. The molecule has 1 nitrogen and oxygen atoms in total. The quantitative estimate of drug-likeness (QED) is 0.168. The van der Waals surface area contributed by atoms with Crippen LogP contribution >= 0.6 is 0 Å². The van der Waals surface area contributed by atoms with Crippen molar-refractivity contribution >= 4 is 0 Å². The van der Waals surface area contributed by atoms with E-state index in [1.165, 1.54) is 101 Å².